The number of hydrogen-bond acceptors (Lipinski definition) is 2. The molecule has 0 aliphatic rings. The van der Waals surface area contributed by atoms with E-state index >= 15 is 0 Å². The van der Waals surface area contributed by atoms with Crippen molar-refractivity contribution in [3.8, 4) is 0 Å². The number of aliphatic carboxylic acids is 1. The van der Waals surface area contributed by atoms with E-state index in [0.29, 0.717) is 19.5 Å². The second-order valence-corrected chi connectivity index (χ2v) is 3.65. The van der Waals surface area contributed by atoms with E-state index < -0.39 is 12.0 Å². The molecule has 0 aromatic rings. The average Bonchev–Trinajstić information content (AvgIpc) is 2.25. The highest BCUT2D eigenvalue weighted by Gasteiger charge is 2.21. The number of rotatable bonds is 7. The minimum absolute atomic E-state index is 0.298. The Balaban J connectivity index is 4.27. The van der Waals surface area contributed by atoms with Crippen molar-refractivity contribution < 1.29 is 14.7 Å². The van der Waals surface area contributed by atoms with Crippen LogP contribution in [-0.4, -0.2) is 41.1 Å². The Bertz CT molecular complexity index is 227. The predicted octanol–water partition coefficient (Wildman–Crippen LogP) is 1.68. The summed E-state index contributed by atoms with van der Waals surface area (Å²) in [7, 11) is 0. The fourth-order valence-electron chi connectivity index (χ4n) is 1.42. The zero-order valence-corrected chi connectivity index (χ0v) is 10.3. The molecule has 0 bridgehead atoms. The number of hydrogen-bond donors (Lipinski definition) is 2. The minimum Gasteiger partial charge on any atom is -0.480 e. The van der Waals surface area contributed by atoms with Crippen molar-refractivity contribution in [2.45, 2.75) is 46.1 Å². The maximum atomic E-state index is 11.6. The van der Waals surface area contributed by atoms with Crippen LogP contribution in [0.15, 0.2) is 0 Å². The summed E-state index contributed by atoms with van der Waals surface area (Å²) in [5.41, 5.74) is 0. The Morgan fingerprint density at radius 2 is 1.81 bits per heavy atom. The third-order valence-corrected chi connectivity index (χ3v) is 2.49. The molecule has 0 radical (unpaired) electrons. The molecule has 2 amide bonds. The summed E-state index contributed by atoms with van der Waals surface area (Å²) < 4.78 is 0. The molecule has 0 saturated carbocycles. The minimum atomic E-state index is -0.964. The molecule has 16 heavy (non-hydrogen) atoms. The highest BCUT2D eigenvalue weighted by molar-refractivity contribution is 5.82. The molecule has 1 atom stereocenters. The molecule has 5 nitrogen and oxygen atoms in total. The summed E-state index contributed by atoms with van der Waals surface area (Å²) in [6.07, 6.45) is 2.21. The van der Waals surface area contributed by atoms with Crippen molar-refractivity contribution in [3.05, 3.63) is 0 Å². The summed E-state index contributed by atoms with van der Waals surface area (Å²) in [5, 5.41) is 11.5. The van der Waals surface area contributed by atoms with Gasteiger partial charge in [-0.25, -0.2) is 9.59 Å². The lowest BCUT2D eigenvalue weighted by Gasteiger charge is -2.22. The SMILES string of the molecule is CCCC[C@H](NC(=O)N(CC)CC)C(=O)O. The summed E-state index contributed by atoms with van der Waals surface area (Å²) in [5.74, 6) is -0.964. The van der Waals surface area contributed by atoms with Crippen molar-refractivity contribution in [1.82, 2.24) is 10.2 Å². The quantitative estimate of drug-likeness (QED) is 0.699. The highest BCUT2D eigenvalue weighted by Crippen LogP contribution is 2.02. The van der Waals surface area contributed by atoms with Crippen LogP contribution in [0.3, 0.4) is 0 Å². The Kier molecular flexibility index (Phi) is 7.33. The first-order chi connectivity index (χ1) is 7.56. The monoisotopic (exact) mass is 230 g/mol. The van der Waals surface area contributed by atoms with Gasteiger partial charge in [-0.1, -0.05) is 19.8 Å². The molecule has 94 valence electrons. The summed E-state index contributed by atoms with van der Waals surface area (Å²) in [6.45, 7) is 6.89. The molecule has 0 aliphatic heterocycles. The van der Waals surface area contributed by atoms with E-state index in [4.69, 9.17) is 5.11 Å². The Hall–Kier alpha value is -1.26. The zero-order valence-electron chi connectivity index (χ0n) is 10.3. The molecule has 0 unspecified atom stereocenters. The van der Waals surface area contributed by atoms with E-state index in [1.54, 1.807) is 4.90 Å². The van der Waals surface area contributed by atoms with Gasteiger partial charge in [0.25, 0.3) is 0 Å². The second kappa shape index (κ2) is 7.96. The maximum absolute atomic E-state index is 11.6. The van der Waals surface area contributed by atoms with Gasteiger partial charge < -0.3 is 15.3 Å². The Morgan fingerprint density at radius 3 is 2.19 bits per heavy atom. The zero-order chi connectivity index (χ0) is 12.6. The second-order valence-electron chi connectivity index (χ2n) is 3.65. The molecule has 0 fully saturated rings. The van der Waals surface area contributed by atoms with Crippen LogP contribution in [0.25, 0.3) is 0 Å². The lowest BCUT2D eigenvalue weighted by atomic mass is 10.1. The number of nitrogens with one attached hydrogen (secondary N) is 1. The number of carboxylic acid groups (broad SMARTS) is 1. The molecular formula is C11H22N2O3. The van der Waals surface area contributed by atoms with E-state index in [-0.39, 0.29) is 6.03 Å². The number of carbonyl (C=O) groups is 2. The van der Waals surface area contributed by atoms with Gasteiger partial charge in [0, 0.05) is 13.1 Å². The van der Waals surface area contributed by atoms with Crippen LogP contribution in [0.4, 0.5) is 4.79 Å². The molecule has 2 N–H and O–H groups in total. The van der Waals surface area contributed by atoms with Gasteiger partial charge in [0.05, 0.1) is 0 Å². The Labute approximate surface area is 96.8 Å². The third kappa shape index (κ3) is 5.00. The van der Waals surface area contributed by atoms with Crippen molar-refractivity contribution in [2.24, 2.45) is 0 Å². The van der Waals surface area contributed by atoms with E-state index in [1.807, 2.05) is 20.8 Å². The number of unbranched alkanes of at least 4 members (excludes halogenated alkanes) is 1. The van der Waals surface area contributed by atoms with Gasteiger partial charge in [-0.3, -0.25) is 0 Å². The van der Waals surface area contributed by atoms with Gasteiger partial charge >= 0.3 is 12.0 Å². The first-order valence-corrected chi connectivity index (χ1v) is 5.84. The van der Waals surface area contributed by atoms with E-state index in [2.05, 4.69) is 5.32 Å². The average molecular weight is 230 g/mol. The molecule has 0 aliphatic carbocycles. The van der Waals surface area contributed by atoms with E-state index in [1.165, 1.54) is 0 Å². The molecular weight excluding hydrogens is 208 g/mol. The van der Waals surface area contributed by atoms with Crippen LogP contribution < -0.4 is 5.32 Å². The summed E-state index contributed by atoms with van der Waals surface area (Å²) in [6, 6.07) is -1.07. The standard InChI is InChI=1S/C11H22N2O3/c1-4-7-8-9(10(14)15)12-11(16)13(5-2)6-3/h9H,4-8H2,1-3H3,(H,12,16)(H,14,15)/t9-/m0/s1. The molecule has 0 rings (SSSR count). The first kappa shape index (κ1) is 14.7. The third-order valence-electron chi connectivity index (χ3n) is 2.49. The Morgan fingerprint density at radius 1 is 1.25 bits per heavy atom. The van der Waals surface area contributed by atoms with Crippen molar-refractivity contribution >= 4 is 12.0 Å². The normalized spacial score (nSPS) is 11.9. The van der Waals surface area contributed by atoms with Gasteiger partial charge in [0.2, 0.25) is 0 Å². The van der Waals surface area contributed by atoms with Crippen molar-refractivity contribution in [1.29, 1.82) is 0 Å². The van der Waals surface area contributed by atoms with Crippen LogP contribution >= 0.6 is 0 Å². The molecule has 0 aromatic heterocycles. The number of urea groups is 1. The topological polar surface area (TPSA) is 69.6 Å². The maximum Gasteiger partial charge on any atom is 0.326 e. The van der Waals surface area contributed by atoms with Gasteiger partial charge in [0.1, 0.15) is 6.04 Å². The molecule has 0 saturated heterocycles. The van der Waals surface area contributed by atoms with Crippen LogP contribution in [0.5, 0.6) is 0 Å². The van der Waals surface area contributed by atoms with Gasteiger partial charge in [0.15, 0.2) is 0 Å². The van der Waals surface area contributed by atoms with Gasteiger partial charge in [-0.2, -0.15) is 0 Å². The first-order valence-electron chi connectivity index (χ1n) is 5.84. The highest BCUT2D eigenvalue weighted by atomic mass is 16.4. The lowest BCUT2D eigenvalue weighted by molar-refractivity contribution is -0.139. The number of carbonyl (C=O) groups excluding carboxylic acids is 1. The molecule has 0 spiro atoms. The van der Waals surface area contributed by atoms with Crippen LogP contribution in [-0.2, 0) is 4.79 Å². The van der Waals surface area contributed by atoms with Crippen molar-refractivity contribution in [2.75, 3.05) is 13.1 Å². The van der Waals surface area contributed by atoms with Gasteiger partial charge in [-0.15, -0.1) is 0 Å². The van der Waals surface area contributed by atoms with Crippen molar-refractivity contribution in [3.63, 3.8) is 0 Å². The molecule has 0 aromatic carbocycles. The number of carboxylic acids is 1. The van der Waals surface area contributed by atoms with E-state index in [9.17, 15) is 9.59 Å². The molecule has 0 heterocycles. The smallest absolute Gasteiger partial charge is 0.326 e. The summed E-state index contributed by atoms with van der Waals surface area (Å²) in [4.78, 5) is 24.1. The van der Waals surface area contributed by atoms with Crippen LogP contribution in [0.1, 0.15) is 40.0 Å². The summed E-state index contributed by atoms with van der Waals surface area (Å²) >= 11 is 0. The van der Waals surface area contributed by atoms with E-state index in [0.717, 1.165) is 12.8 Å². The fourth-order valence-corrected chi connectivity index (χ4v) is 1.42. The number of amides is 2. The largest absolute Gasteiger partial charge is 0.480 e. The lowest BCUT2D eigenvalue weighted by Crippen LogP contribution is -2.47. The predicted molar refractivity (Wildman–Crippen MR) is 62.4 cm³/mol. The van der Waals surface area contributed by atoms with Crippen LogP contribution in [0, 0.1) is 0 Å². The number of nitrogens with zero attached hydrogens (tertiary/aromatic N) is 1. The fraction of sp³-hybridized carbons (Fsp3) is 0.818. The molecule has 5 heteroatoms. The van der Waals surface area contributed by atoms with Crippen LogP contribution in [0.2, 0.25) is 0 Å². The van der Waals surface area contributed by atoms with Gasteiger partial charge in [-0.05, 0) is 20.3 Å².